The van der Waals surface area contributed by atoms with Crippen molar-refractivity contribution in [1.29, 1.82) is 0 Å². The van der Waals surface area contributed by atoms with Crippen molar-refractivity contribution >= 4 is 45.8 Å². The number of benzene rings is 3. The predicted molar refractivity (Wildman–Crippen MR) is 166 cm³/mol. The Labute approximate surface area is 250 Å². The van der Waals surface area contributed by atoms with E-state index in [1.807, 2.05) is 72.5 Å². The number of pyridine rings is 1. The minimum atomic E-state index is -0.768. The Morgan fingerprint density at radius 3 is 2.33 bits per heavy atom. The van der Waals surface area contributed by atoms with E-state index in [9.17, 15) is 14.4 Å². The van der Waals surface area contributed by atoms with Crippen LogP contribution in [-0.2, 0) is 22.6 Å². The molecule has 4 aromatic rings. The molecule has 9 heteroatoms. The van der Waals surface area contributed by atoms with E-state index in [2.05, 4.69) is 20.5 Å². The zero-order chi connectivity index (χ0) is 29.5. The minimum Gasteiger partial charge on any atom is -0.368 e. The Kier molecular flexibility index (Phi) is 9.34. The van der Waals surface area contributed by atoms with E-state index in [1.54, 1.807) is 24.4 Å². The van der Waals surface area contributed by atoms with Gasteiger partial charge in [-0.2, -0.15) is 0 Å². The summed E-state index contributed by atoms with van der Waals surface area (Å²) in [5.74, 6) is -0.523. The monoisotopic (exact) mass is 583 g/mol. The number of hydrogen-bond donors (Lipinski definition) is 2. The number of rotatable bonds is 9. The third kappa shape index (κ3) is 7.06. The fourth-order valence-corrected chi connectivity index (χ4v) is 5.30. The molecular formula is C33H34ClN5O3. The second-order valence-corrected chi connectivity index (χ2v) is 10.8. The van der Waals surface area contributed by atoms with E-state index in [-0.39, 0.29) is 17.5 Å². The first-order chi connectivity index (χ1) is 20.4. The quantitative estimate of drug-likeness (QED) is 0.300. The Morgan fingerprint density at radius 1 is 0.905 bits per heavy atom. The summed E-state index contributed by atoms with van der Waals surface area (Å²) in [6.45, 7) is 4.58. The van der Waals surface area contributed by atoms with Gasteiger partial charge in [0, 0.05) is 67.9 Å². The number of amides is 3. The third-order valence-corrected chi connectivity index (χ3v) is 7.79. The van der Waals surface area contributed by atoms with Crippen LogP contribution >= 0.6 is 11.6 Å². The molecule has 0 bridgehead atoms. The lowest BCUT2D eigenvalue weighted by atomic mass is 10.0. The lowest BCUT2D eigenvalue weighted by molar-refractivity contribution is -0.133. The number of para-hydroxylation sites is 1. The van der Waals surface area contributed by atoms with Gasteiger partial charge in [-0.15, -0.1) is 0 Å². The van der Waals surface area contributed by atoms with Crippen LogP contribution in [0.25, 0.3) is 10.8 Å². The summed E-state index contributed by atoms with van der Waals surface area (Å²) in [6.07, 6.45) is 2.44. The summed E-state index contributed by atoms with van der Waals surface area (Å²) in [7, 11) is 0. The van der Waals surface area contributed by atoms with Gasteiger partial charge in [-0.05, 0) is 40.8 Å². The fraction of sp³-hybridized carbons (Fsp3) is 0.273. The van der Waals surface area contributed by atoms with Gasteiger partial charge in [-0.1, -0.05) is 73.1 Å². The van der Waals surface area contributed by atoms with Crippen molar-refractivity contribution in [2.75, 3.05) is 31.1 Å². The van der Waals surface area contributed by atoms with Crippen LogP contribution in [0.2, 0.25) is 5.02 Å². The van der Waals surface area contributed by atoms with Crippen LogP contribution < -0.4 is 15.5 Å². The molecule has 1 fully saturated rings. The summed E-state index contributed by atoms with van der Waals surface area (Å²) in [5, 5.41) is 8.37. The standard InChI is InChI=1S/C33H34ClN5O3/c1-2-31(40)36-22-26-9-5-6-10-30(26)38-15-17-39(18-16-38)33(42)29(19-23-11-13-27(34)14-12-23)37-32(41)28-20-24-7-3-4-8-25(24)21-35-28/h3-14,20-21,29H,2,15-19,22H2,1H3,(H,36,40)(H,37,41)/t29-/m1/s1. The number of fused-ring (bicyclic) bond motifs is 1. The van der Waals surface area contributed by atoms with Gasteiger partial charge in [0.2, 0.25) is 11.8 Å². The average molecular weight is 584 g/mol. The molecule has 0 unspecified atom stereocenters. The molecule has 3 aromatic carbocycles. The van der Waals surface area contributed by atoms with Crippen molar-refractivity contribution in [3.8, 4) is 0 Å². The summed E-state index contributed by atoms with van der Waals surface area (Å²) >= 11 is 6.08. The number of halogens is 1. The Bertz CT molecular complexity index is 1570. The highest BCUT2D eigenvalue weighted by molar-refractivity contribution is 6.30. The Hall–Kier alpha value is -4.43. The predicted octanol–water partition coefficient (Wildman–Crippen LogP) is 4.60. The topological polar surface area (TPSA) is 94.6 Å². The van der Waals surface area contributed by atoms with Crippen molar-refractivity contribution in [2.45, 2.75) is 32.4 Å². The van der Waals surface area contributed by atoms with Crippen LogP contribution in [0.1, 0.15) is 35.0 Å². The van der Waals surface area contributed by atoms with Crippen LogP contribution in [0, 0.1) is 0 Å². The summed E-state index contributed by atoms with van der Waals surface area (Å²) in [5.41, 5.74) is 3.25. The molecule has 1 aromatic heterocycles. The lowest BCUT2D eigenvalue weighted by Gasteiger charge is -2.38. The fourth-order valence-electron chi connectivity index (χ4n) is 5.17. The molecule has 0 radical (unpaired) electrons. The molecular weight excluding hydrogens is 550 g/mol. The molecule has 0 aliphatic carbocycles. The van der Waals surface area contributed by atoms with E-state index in [0.29, 0.717) is 50.6 Å². The van der Waals surface area contributed by atoms with Crippen LogP contribution in [0.3, 0.4) is 0 Å². The highest BCUT2D eigenvalue weighted by Gasteiger charge is 2.30. The molecule has 8 nitrogen and oxygen atoms in total. The number of anilines is 1. The van der Waals surface area contributed by atoms with Gasteiger partial charge in [0.25, 0.3) is 5.91 Å². The van der Waals surface area contributed by atoms with Crippen LogP contribution in [0.5, 0.6) is 0 Å². The molecule has 2 N–H and O–H groups in total. The molecule has 1 aliphatic heterocycles. The average Bonchev–Trinajstić information content (AvgIpc) is 3.04. The van der Waals surface area contributed by atoms with Crippen molar-refractivity contribution in [2.24, 2.45) is 0 Å². The number of nitrogens with zero attached hydrogens (tertiary/aromatic N) is 3. The van der Waals surface area contributed by atoms with Crippen molar-refractivity contribution in [3.63, 3.8) is 0 Å². The lowest BCUT2D eigenvalue weighted by Crippen LogP contribution is -2.55. The minimum absolute atomic E-state index is 0.00730. The molecule has 3 amide bonds. The van der Waals surface area contributed by atoms with Gasteiger partial charge in [-0.3, -0.25) is 19.4 Å². The van der Waals surface area contributed by atoms with Crippen LogP contribution in [-0.4, -0.2) is 59.8 Å². The molecule has 1 aliphatic rings. The zero-order valence-electron chi connectivity index (χ0n) is 23.6. The smallest absolute Gasteiger partial charge is 0.270 e. The first-order valence-corrected chi connectivity index (χ1v) is 14.6. The number of aromatic nitrogens is 1. The van der Waals surface area contributed by atoms with Crippen molar-refractivity contribution in [1.82, 2.24) is 20.5 Å². The molecule has 216 valence electrons. The van der Waals surface area contributed by atoms with Gasteiger partial charge < -0.3 is 20.4 Å². The molecule has 5 rings (SSSR count). The summed E-state index contributed by atoms with van der Waals surface area (Å²) in [4.78, 5) is 47.4. The van der Waals surface area contributed by atoms with Crippen LogP contribution in [0.4, 0.5) is 5.69 Å². The zero-order valence-corrected chi connectivity index (χ0v) is 24.3. The Morgan fingerprint density at radius 2 is 1.60 bits per heavy atom. The molecule has 1 atom stereocenters. The number of nitrogens with one attached hydrogen (secondary N) is 2. The van der Waals surface area contributed by atoms with E-state index < -0.39 is 11.9 Å². The van der Waals surface area contributed by atoms with Gasteiger partial charge in [0.15, 0.2) is 0 Å². The first kappa shape index (κ1) is 29.1. The maximum absolute atomic E-state index is 13.9. The Balaban J connectivity index is 1.29. The maximum Gasteiger partial charge on any atom is 0.270 e. The number of piperazine rings is 1. The second-order valence-electron chi connectivity index (χ2n) is 10.3. The SMILES string of the molecule is CCC(=O)NCc1ccccc1N1CCN(C(=O)[C@@H](Cc2ccc(Cl)cc2)NC(=O)c2cc3ccccc3cn2)CC1. The van der Waals surface area contributed by atoms with E-state index >= 15 is 0 Å². The number of carbonyl (C=O) groups excluding carboxylic acids is 3. The highest BCUT2D eigenvalue weighted by Crippen LogP contribution is 2.23. The van der Waals surface area contributed by atoms with Crippen LogP contribution in [0.15, 0.2) is 85.1 Å². The summed E-state index contributed by atoms with van der Waals surface area (Å²) in [6, 6.07) is 24.0. The van der Waals surface area contributed by atoms with E-state index in [4.69, 9.17) is 11.6 Å². The van der Waals surface area contributed by atoms with E-state index in [0.717, 1.165) is 27.6 Å². The number of hydrogen-bond acceptors (Lipinski definition) is 5. The number of carbonyl (C=O) groups is 3. The van der Waals surface area contributed by atoms with Gasteiger partial charge in [-0.25, -0.2) is 0 Å². The molecule has 2 heterocycles. The third-order valence-electron chi connectivity index (χ3n) is 7.54. The molecule has 0 spiro atoms. The van der Waals surface area contributed by atoms with Crippen molar-refractivity contribution < 1.29 is 14.4 Å². The molecule has 0 saturated carbocycles. The normalized spacial score (nSPS) is 14.0. The van der Waals surface area contributed by atoms with E-state index in [1.165, 1.54) is 0 Å². The van der Waals surface area contributed by atoms with Gasteiger partial charge in [0.1, 0.15) is 11.7 Å². The molecule has 1 saturated heterocycles. The highest BCUT2D eigenvalue weighted by atomic mass is 35.5. The second kappa shape index (κ2) is 13.5. The maximum atomic E-state index is 13.9. The molecule has 42 heavy (non-hydrogen) atoms. The summed E-state index contributed by atoms with van der Waals surface area (Å²) < 4.78 is 0. The van der Waals surface area contributed by atoms with Crippen molar-refractivity contribution in [3.05, 3.63) is 107 Å². The van der Waals surface area contributed by atoms with Gasteiger partial charge in [0.05, 0.1) is 0 Å². The van der Waals surface area contributed by atoms with Gasteiger partial charge >= 0.3 is 0 Å². The largest absolute Gasteiger partial charge is 0.368 e. The first-order valence-electron chi connectivity index (χ1n) is 14.2.